The van der Waals surface area contributed by atoms with Gasteiger partial charge in [0.1, 0.15) is 0 Å². The van der Waals surface area contributed by atoms with Crippen LogP contribution in [0.4, 0.5) is 0 Å². The molecule has 0 aromatic heterocycles. The topological polar surface area (TPSA) is 58.2 Å². The molecular formula is C14H23ClN2O2S. The Kier molecular flexibility index (Phi) is 6.01. The molecule has 0 aliphatic carbocycles. The highest BCUT2D eigenvalue weighted by molar-refractivity contribution is 7.89. The minimum absolute atomic E-state index is 0.200. The zero-order chi connectivity index (χ0) is 15.4. The SMILES string of the molecule is CCCC(C)(C)NS(=O)(=O)c1ccc(CNC)c(Cl)c1. The van der Waals surface area contributed by atoms with Crippen LogP contribution >= 0.6 is 11.6 Å². The number of halogens is 1. The number of hydrogen-bond donors (Lipinski definition) is 2. The van der Waals surface area contributed by atoms with Gasteiger partial charge in [-0.25, -0.2) is 13.1 Å². The van der Waals surface area contributed by atoms with Crippen molar-refractivity contribution in [2.24, 2.45) is 0 Å². The quantitative estimate of drug-likeness (QED) is 0.812. The number of hydrogen-bond acceptors (Lipinski definition) is 3. The standard InChI is InChI=1S/C14H23ClN2O2S/c1-5-8-14(2,3)17-20(18,19)12-7-6-11(10-16-4)13(15)9-12/h6-7,9,16-17H,5,8,10H2,1-4H3. The van der Waals surface area contributed by atoms with Crippen molar-refractivity contribution in [1.82, 2.24) is 10.0 Å². The fraction of sp³-hybridized carbons (Fsp3) is 0.571. The van der Waals surface area contributed by atoms with Crippen LogP contribution in [0.1, 0.15) is 39.2 Å². The highest BCUT2D eigenvalue weighted by atomic mass is 35.5. The minimum Gasteiger partial charge on any atom is -0.316 e. The summed E-state index contributed by atoms with van der Waals surface area (Å²) in [6.45, 7) is 6.39. The second kappa shape index (κ2) is 6.89. The summed E-state index contributed by atoms with van der Waals surface area (Å²) in [5.74, 6) is 0. The first-order chi connectivity index (χ1) is 9.22. The first kappa shape index (κ1) is 17.4. The third kappa shape index (κ3) is 4.74. The first-order valence-corrected chi connectivity index (χ1v) is 8.55. The van der Waals surface area contributed by atoms with Gasteiger partial charge in [0.05, 0.1) is 4.90 Å². The summed E-state index contributed by atoms with van der Waals surface area (Å²) in [4.78, 5) is 0.200. The molecule has 114 valence electrons. The molecule has 0 atom stereocenters. The predicted molar refractivity (Wildman–Crippen MR) is 83.5 cm³/mol. The maximum atomic E-state index is 12.4. The Morgan fingerprint density at radius 3 is 2.45 bits per heavy atom. The molecule has 2 N–H and O–H groups in total. The van der Waals surface area contributed by atoms with Crippen LogP contribution in [0.25, 0.3) is 0 Å². The molecule has 1 rings (SSSR count). The van der Waals surface area contributed by atoms with Crippen LogP contribution in [0.3, 0.4) is 0 Å². The van der Waals surface area contributed by atoms with Gasteiger partial charge in [0, 0.05) is 17.1 Å². The Labute approximate surface area is 127 Å². The van der Waals surface area contributed by atoms with E-state index in [0.717, 1.165) is 18.4 Å². The molecule has 0 saturated heterocycles. The van der Waals surface area contributed by atoms with Gasteiger partial charge in [-0.05, 0) is 45.0 Å². The van der Waals surface area contributed by atoms with Gasteiger partial charge in [-0.1, -0.05) is 31.0 Å². The minimum atomic E-state index is -3.55. The molecule has 6 heteroatoms. The molecule has 0 spiro atoms. The lowest BCUT2D eigenvalue weighted by atomic mass is 10.0. The van der Waals surface area contributed by atoms with Crippen molar-refractivity contribution >= 4 is 21.6 Å². The van der Waals surface area contributed by atoms with Crippen LogP contribution in [0.15, 0.2) is 23.1 Å². The van der Waals surface area contributed by atoms with E-state index in [4.69, 9.17) is 11.6 Å². The Bertz CT molecular complexity index is 556. The van der Waals surface area contributed by atoms with E-state index in [1.54, 1.807) is 12.1 Å². The van der Waals surface area contributed by atoms with Crippen molar-refractivity contribution < 1.29 is 8.42 Å². The van der Waals surface area contributed by atoms with E-state index in [1.165, 1.54) is 6.07 Å². The van der Waals surface area contributed by atoms with Crippen molar-refractivity contribution in [2.45, 2.75) is 50.6 Å². The second-order valence-electron chi connectivity index (χ2n) is 5.52. The van der Waals surface area contributed by atoms with Crippen LogP contribution in [0, 0.1) is 0 Å². The van der Waals surface area contributed by atoms with Gasteiger partial charge in [-0.3, -0.25) is 0 Å². The lowest BCUT2D eigenvalue weighted by Crippen LogP contribution is -2.43. The fourth-order valence-corrected chi connectivity index (χ4v) is 3.91. The van der Waals surface area contributed by atoms with Crippen LogP contribution in [0.2, 0.25) is 5.02 Å². The maximum absolute atomic E-state index is 12.4. The molecule has 0 fully saturated rings. The highest BCUT2D eigenvalue weighted by Crippen LogP contribution is 2.22. The van der Waals surface area contributed by atoms with Gasteiger partial charge in [0.2, 0.25) is 10.0 Å². The van der Waals surface area contributed by atoms with E-state index < -0.39 is 15.6 Å². The van der Waals surface area contributed by atoms with E-state index in [9.17, 15) is 8.42 Å². The molecule has 20 heavy (non-hydrogen) atoms. The Morgan fingerprint density at radius 1 is 1.30 bits per heavy atom. The van der Waals surface area contributed by atoms with Gasteiger partial charge in [0.25, 0.3) is 0 Å². The summed E-state index contributed by atoms with van der Waals surface area (Å²) in [5, 5.41) is 3.44. The highest BCUT2D eigenvalue weighted by Gasteiger charge is 2.25. The van der Waals surface area contributed by atoms with Crippen LogP contribution in [-0.4, -0.2) is 21.0 Å². The zero-order valence-electron chi connectivity index (χ0n) is 12.5. The van der Waals surface area contributed by atoms with Crippen molar-refractivity contribution in [2.75, 3.05) is 7.05 Å². The number of benzene rings is 1. The van der Waals surface area contributed by atoms with Crippen molar-refractivity contribution in [3.8, 4) is 0 Å². The molecule has 1 aromatic carbocycles. The molecule has 1 aromatic rings. The van der Waals surface area contributed by atoms with Gasteiger partial charge in [-0.15, -0.1) is 0 Å². The van der Waals surface area contributed by atoms with Crippen molar-refractivity contribution in [3.05, 3.63) is 28.8 Å². The van der Waals surface area contributed by atoms with Gasteiger partial charge >= 0.3 is 0 Å². The lowest BCUT2D eigenvalue weighted by molar-refractivity contribution is 0.418. The third-order valence-electron chi connectivity index (χ3n) is 2.99. The van der Waals surface area contributed by atoms with E-state index in [-0.39, 0.29) is 4.90 Å². The Balaban J connectivity index is 3.01. The molecule has 0 aliphatic rings. The molecule has 4 nitrogen and oxygen atoms in total. The maximum Gasteiger partial charge on any atom is 0.241 e. The summed E-state index contributed by atoms with van der Waals surface area (Å²) in [7, 11) is -1.73. The molecule has 0 radical (unpaired) electrons. The average molecular weight is 319 g/mol. The number of sulfonamides is 1. The molecule has 0 heterocycles. The summed E-state index contributed by atoms with van der Waals surface area (Å²) >= 11 is 6.11. The van der Waals surface area contributed by atoms with Gasteiger partial charge in [0.15, 0.2) is 0 Å². The molecule has 0 unspecified atom stereocenters. The largest absolute Gasteiger partial charge is 0.316 e. The fourth-order valence-electron chi connectivity index (χ4n) is 2.13. The normalized spacial score (nSPS) is 12.7. The summed E-state index contributed by atoms with van der Waals surface area (Å²) in [6.07, 6.45) is 1.69. The molecule has 0 saturated carbocycles. The molecule has 0 aliphatic heterocycles. The molecular weight excluding hydrogens is 296 g/mol. The van der Waals surface area contributed by atoms with Crippen LogP contribution in [-0.2, 0) is 16.6 Å². The summed E-state index contributed by atoms with van der Waals surface area (Å²) in [6, 6.07) is 4.82. The van der Waals surface area contributed by atoms with E-state index >= 15 is 0 Å². The summed E-state index contributed by atoms with van der Waals surface area (Å²) in [5.41, 5.74) is 0.407. The first-order valence-electron chi connectivity index (χ1n) is 6.69. The third-order valence-corrected chi connectivity index (χ3v) is 5.04. The Hall–Kier alpha value is -0.620. The predicted octanol–water partition coefficient (Wildman–Crippen LogP) is 2.92. The van der Waals surface area contributed by atoms with E-state index in [1.807, 2.05) is 27.8 Å². The smallest absolute Gasteiger partial charge is 0.241 e. The zero-order valence-corrected chi connectivity index (χ0v) is 14.0. The van der Waals surface area contributed by atoms with Gasteiger partial charge < -0.3 is 5.32 Å². The van der Waals surface area contributed by atoms with Crippen LogP contribution in [0.5, 0.6) is 0 Å². The van der Waals surface area contributed by atoms with E-state index in [0.29, 0.717) is 11.6 Å². The Morgan fingerprint density at radius 2 is 1.95 bits per heavy atom. The number of nitrogens with one attached hydrogen (secondary N) is 2. The number of rotatable bonds is 7. The van der Waals surface area contributed by atoms with E-state index in [2.05, 4.69) is 10.0 Å². The lowest BCUT2D eigenvalue weighted by Gasteiger charge is -2.25. The average Bonchev–Trinajstić information content (AvgIpc) is 2.30. The molecule has 0 bridgehead atoms. The second-order valence-corrected chi connectivity index (χ2v) is 7.61. The monoisotopic (exact) mass is 318 g/mol. The van der Waals surface area contributed by atoms with Crippen molar-refractivity contribution in [3.63, 3.8) is 0 Å². The van der Waals surface area contributed by atoms with Crippen LogP contribution < -0.4 is 10.0 Å². The van der Waals surface area contributed by atoms with Gasteiger partial charge in [-0.2, -0.15) is 0 Å². The summed E-state index contributed by atoms with van der Waals surface area (Å²) < 4.78 is 27.4. The molecule has 0 amide bonds. The van der Waals surface area contributed by atoms with Crippen molar-refractivity contribution in [1.29, 1.82) is 0 Å².